The van der Waals surface area contributed by atoms with Crippen LogP contribution in [0.15, 0.2) is 28.9 Å². The van der Waals surface area contributed by atoms with E-state index in [1.54, 1.807) is 6.07 Å². The van der Waals surface area contributed by atoms with Crippen molar-refractivity contribution in [3.8, 4) is 11.6 Å². The molecular formula is C14H15N5O2. The van der Waals surface area contributed by atoms with Gasteiger partial charge in [0.25, 0.3) is 5.91 Å². The van der Waals surface area contributed by atoms with Gasteiger partial charge in [0.2, 0.25) is 5.82 Å². The third-order valence-corrected chi connectivity index (χ3v) is 4.32. The van der Waals surface area contributed by atoms with Crippen LogP contribution in [-0.4, -0.2) is 43.5 Å². The Morgan fingerprint density at radius 2 is 2.14 bits per heavy atom. The van der Waals surface area contributed by atoms with E-state index in [0.717, 1.165) is 25.7 Å². The van der Waals surface area contributed by atoms with E-state index < -0.39 is 0 Å². The maximum atomic E-state index is 12.7. The van der Waals surface area contributed by atoms with Crippen LogP contribution < -0.4 is 0 Å². The van der Waals surface area contributed by atoms with E-state index in [9.17, 15) is 4.79 Å². The molecule has 2 bridgehead atoms. The number of piperidine rings is 1. The molecular weight excluding hydrogens is 270 g/mol. The molecule has 1 N–H and O–H groups in total. The zero-order valence-corrected chi connectivity index (χ0v) is 11.5. The van der Waals surface area contributed by atoms with Gasteiger partial charge in [-0.05, 0) is 30.9 Å². The minimum absolute atomic E-state index is 0.0218. The Morgan fingerprint density at radius 3 is 2.81 bits per heavy atom. The highest BCUT2D eigenvalue weighted by atomic mass is 16.3. The van der Waals surface area contributed by atoms with Crippen molar-refractivity contribution >= 4 is 5.91 Å². The van der Waals surface area contributed by atoms with Gasteiger partial charge in [0, 0.05) is 18.2 Å². The van der Waals surface area contributed by atoms with E-state index >= 15 is 0 Å². The third kappa shape index (κ3) is 1.96. The van der Waals surface area contributed by atoms with Crippen molar-refractivity contribution in [2.45, 2.75) is 37.8 Å². The molecule has 108 valence electrons. The molecule has 2 fully saturated rings. The fourth-order valence-electron chi connectivity index (χ4n) is 3.42. The standard InChI is InChI=1S/C14H15N5O2/c1-8-4-10-2-3-11(5-8)19(10)14(20)9-6-12(21-7-9)13-15-17-18-16-13/h6-7,10-11H,1-5H2,(H,15,16,17,18). The number of aromatic amines is 1. The van der Waals surface area contributed by atoms with E-state index in [1.165, 1.54) is 11.8 Å². The van der Waals surface area contributed by atoms with Gasteiger partial charge < -0.3 is 9.32 Å². The smallest absolute Gasteiger partial charge is 0.257 e. The molecule has 2 unspecified atom stereocenters. The van der Waals surface area contributed by atoms with E-state index in [1.807, 2.05) is 4.90 Å². The number of nitrogens with zero attached hydrogens (tertiary/aromatic N) is 4. The zero-order valence-electron chi connectivity index (χ0n) is 11.5. The van der Waals surface area contributed by atoms with Gasteiger partial charge in [-0.3, -0.25) is 4.79 Å². The zero-order chi connectivity index (χ0) is 14.4. The summed E-state index contributed by atoms with van der Waals surface area (Å²) < 4.78 is 5.38. The first-order chi connectivity index (χ1) is 10.2. The number of furan rings is 1. The van der Waals surface area contributed by atoms with Crippen LogP contribution in [-0.2, 0) is 0 Å². The average Bonchev–Trinajstić information content (AvgIpc) is 3.17. The molecule has 0 saturated carbocycles. The molecule has 4 heterocycles. The molecule has 0 radical (unpaired) electrons. The Labute approximate surface area is 121 Å². The Bertz CT molecular complexity index is 674. The number of tetrazole rings is 1. The summed E-state index contributed by atoms with van der Waals surface area (Å²) in [5.41, 5.74) is 1.80. The molecule has 0 spiro atoms. The van der Waals surface area contributed by atoms with Gasteiger partial charge in [-0.1, -0.05) is 12.2 Å². The van der Waals surface area contributed by atoms with Gasteiger partial charge in [-0.25, -0.2) is 0 Å². The first kappa shape index (κ1) is 12.3. The molecule has 2 saturated heterocycles. The highest BCUT2D eigenvalue weighted by Crippen LogP contribution is 2.38. The average molecular weight is 285 g/mol. The number of fused-ring (bicyclic) bond motifs is 2. The molecule has 2 aliphatic rings. The van der Waals surface area contributed by atoms with Gasteiger partial charge in [-0.2, -0.15) is 5.21 Å². The van der Waals surface area contributed by atoms with Crippen molar-refractivity contribution in [3.63, 3.8) is 0 Å². The quantitative estimate of drug-likeness (QED) is 0.850. The Kier molecular flexibility index (Phi) is 2.66. The van der Waals surface area contributed by atoms with Crippen molar-refractivity contribution in [1.82, 2.24) is 25.5 Å². The first-order valence-corrected chi connectivity index (χ1v) is 7.04. The molecule has 2 aromatic rings. The highest BCUT2D eigenvalue weighted by Gasteiger charge is 2.41. The van der Waals surface area contributed by atoms with E-state index in [4.69, 9.17) is 4.42 Å². The fourth-order valence-corrected chi connectivity index (χ4v) is 3.42. The third-order valence-electron chi connectivity index (χ3n) is 4.32. The lowest BCUT2D eigenvalue weighted by molar-refractivity contribution is 0.0634. The van der Waals surface area contributed by atoms with E-state index in [-0.39, 0.29) is 18.0 Å². The maximum Gasteiger partial charge on any atom is 0.257 e. The summed E-state index contributed by atoms with van der Waals surface area (Å²) in [6.45, 7) is 4.08. The van der Waals surface area contributed by atoms with Crippen molar-refractivity contribution in [2.24, 2.45) is 0 Å². The summed E-state index contributed by atoms with van der Waals surface area (Å²) in [7, 11) is 0. The fraction of sp³-hybridized carbons (Fsp3) is 0.429. The molecule has 0 aromatic carbocycles. The lowest BCUT2D eigenvalue weighted by atomic mass is 9.97. The van der Waals surface area contributed by atoms with Crippen LogP contribution >= 0.6 is 0 Å². The SMILES string of the molecule is C=C1CC2CCC(C1)N2C(=O)c1coc(-c2nn[nH]n2)c1. The second kappa shape index (κ2) is 4.54. The minimum Gasteiger partial charge on any atom is -0.460 e. The van der Waals surface area contributed by atoms with E-state index in [2.05, 4.69) is 27.2 Å². The molecule has 0 aliphatic carbocycles. The molecule has 2 aliphatic heterocycles. The number of aromatic nitrogens is 4. The van der Waals surface area contributed by atoms with Gasteiger partial charge >= 0.3 is 0 Å². The summed E-state index contributed by atoms with van der Waals surface area (Å²) in [5, 5.41) is 13.5. The summed E-state index contributed by atoms with van der Waals surface area (Å²) >= 11 is 0. The highest BCUT2D eigenvalue weighted by molar-refractivity contribution is 5.95. The number of nitrogens with one attached hydrogen (secondary N) is 1. The summed E-state index contributed by atoms with van der Waals surface area (Å²) in [6.07, 6.45) is 5.42. The lowest BCUT2D eigenvalue weighted by Gasteiger charge is -2.35. The van der Waals surface area contributed by atoms with Gasteiger partial charge in [0.05, 0.1) is 5.56 Å². The Hall–Kier alpha value is -2.44. The lowest BCUT2D eigenvalue weighted by Crippen LogP contribution is -2.44. The summed E-state index contributed by atoms with van der Waals surface area (Å²) in [6, 6.07) is 2.25. The largest absolute Gasteiger partial charge is 0.460 e. The second-order valence-corrected chi connectivity index (χ2v) is 5.69. The van der Waals surface area contributed by atoms with Crippen LogP contribution in [0.3, 0.4) is 0 Å². The first-order valence-electron chi connectivity index (χ1n) is 7.04. The van der Waals surface area contributed by atoms with Crippen LogP contribution in [0.5, 0.6) is 0 Å². The van der Waals surface area contributed by atoms with Crippen LogP contribution in [0.2, 0.25) is 0 Å². The number of carbonyl (C=O) groups is 1. The summed E-state index contributed by atoms with van der Waals surface area (Å²) in [4.78, 5) is 14.7. The monoisotopic (exact) mass is 285 g/mol. The van der Waals surface area contributed by atoms with Crippen LogP contribution in [0.4, 0.5) is 0 Å². The van der Waals surface area contributed by atoms with Gasteiger partial charge in [0.15, 0.2) is 5.76 Å². The predicted molar refractivity (Wildman–Crippen MR) is 73.2 cm³/mol. The second-order valence-electron chi connectivity index (χ2n) is 5.69. The molecule has 2 aromatic heterocycles. The molecule has 2 atom stereocenters. The Balaban J connectivity index is 1.60. The van der Waals surface area contributed by atoms with Crippen molar-refractivity contribution < 1.29 is 9.21 Å². The molecule has 1 amide bonds. The van der Waals surface area contributed by atoms with Crippen LogP contribution in [0.1, 0.15) is 36.0 Å². The van der Waals surface area contributed by atoms with E-state index in [0.29, 0.717) is 17.1 Å². The number of H-pyrrole nitrogens is 1. The maximum absolute atomic E-state index is 12.7. The normalized spacial score (nSPS) is 24.6. The van der Waals surface area contributed by atoms with Gasteiger partial charge in [0.1, 0.15) is 6.26 Å². The molecule has 21 heavy (non-hydrogen) atoms. The number of hydrogen-bond donors (Lipinski definition) is 1. The predicted octanol–water partition coefficient (Wildman–Crippen LogP) is 1.78. The van der Waals surface area contributed by atoms with Crippen molar-refractivity contribution in [3.05, 3.63) is 30.0 Å². The van der Waals surface area contributed by atoms with Crippen molar-refractivity contribution in [1.29, 1.82) is 0 Å². The van der Waals surface area contributed by atoms with Crippen molar-refractivity contribution in [2.75, 3.05) is 0 Å². The number of hydrogen-bond acceptors (Lipinski definition) is 5. The topological polar surface area (TPSA) is 87.9 Å². The van der Waals surface area contributed by atoms with Crippen LogP contribution in [0.25, 0.3) is 11.6 Å². The number of carbonyl (C=O) groups excluding carboxylic acids is 1. The minimum atomic E-state index is 0.0218. The van der Waals surface area contributed by atoms with Crippen LogP contribution in [0, 0.1) is 0 Å². The number of rotatable bonds is 2. The molecule has 7 heteroatoms. The number of amides is 1. The Morgan fingerprint density at radius 1 is 1.38 bits per heavy atom. The molecule has 7 nitrogen and oxygen atoms in total. The van der Waals surface area contributed by atoms with Gasteiger partial charge in [-0.15, -0.1) is 10.2 Å². The molecule has 4 rings (SSSR count). The summed E-state index contributed by atoms with van der Waals surface area (Å²) in [5.74, 6) is 0.818.